The summed E-state index contributed by atoms with van der Waals surface area (Å²) in [6.45, 7) is 6.61. The molecule has 0 unspecified atom stereocenters. The largest absolute Gasteiger partial charge is 0.348 e. The number of rotatable bonds is 4. The maximum absolute atomic E-state index is 12.3. The molecule has 3 nitrogen and oxygen atoms in total. The lowest BCUT2D eigenvalue weighted by Gasteiger charge is -2.10. The Morgan fingerprint density at radius 3 is 3.00 bits per heavy atom. The fraction of sp³-hybridized carbons (Fsp3) is 0.357. The fourth-order valence-corrected chi connectivity index (χ4v) is 3.83. The van der Waals surface area contributed by atoms with Gasteiger partial charge in [-0.15, -0.1) is 11.3 Å². The minimum Gasteiger partial charge on any atom is -0.348 e. The number of hydrogen-bond donors (Lipinski definition) is 1. The van der Waals surface area contributed by atoms with Crippen molar-refractivity contribution < 1.29 is 4.79 Å². The molecule has 0 spiro atoms. The topological polar surface area (TPSA) is 34.0 Å². The Bertz CT molecular complexity index is 666. The van der Waals surface area contributed by atoms with Gasteiger partial charge in [-0.2, -0.15) is 0 Å². The van der Waals surface area contributed by atoms with E-state index in [0.29, 0.717) is 12.6 Å². The van der Waals surface area contributed by atoms with Crippen molar-refractivity contribution in [2.24, 2.45) is 0 Å². The van der Waals surface area contributed by atoms with Crippen LogP contribution in [-0.2, 0) is 6.54 Å². The Morgan fingerprint density at radius 1 is 1.63 bits per heavy atom. The van der Waals surface area contributed by atoms with Gasteiger partial charge in [0.1, 0.15) is 5.69 Å². The lowest BCUT2D eigenvalue weighted by molar-refractivity contribution is 0.0942. The number of amides is 1. The van der Waals surface area contributed by atoms with Crippen molar-refractivity contribution in [1.29, 1.82) is 0 Å². The van der Waals surface area contributed by atoms with Gasteiger partial charge in [-0.05, 0) is 41.8 Å². The minimum atomic E-state index is 0.0269. The Morgan fingerprint density at radius 2 is 2.37 bits per heavy atom. The van der Waals surface area contributed by atoms with Crippen LogP contribution in [0.5, 0.6) is 0 Å². The summed E-state index contributed by atoms with van der Waals surface area (Å²) in [6, 6.07) is 2.35. The van der Waals surface area contributed by atoms with Crippen LogP contribution >= 0.6 is 27.3 Å². The summed E-state index contributed by atoms with van der Waals surface area (Å²) in [4.78, 5) is 12.3. The standard InChI is InChI=1S/C14H15BrN2OS/c1-8(2)6-17-11(14(18)16-9-3-4-9)5-12-13(17)10(15)7-19-12/h5,7,9H,1,3-4,6H2,2H3,(H,16,18). The molecular weight excluding hydrogens is 324 g/mol. The van der Waals surface area contributed by atoms with Gasteiger partial charge in [0.2, 0.25) is 0 Å². The molecule has 1 saturated carbocycles. The van der Waals surface area contributed by atoms with E-state index in [1.54, 1.807) is 11.3 Å². The molecule has 1 N–H and O–H groups in total. The van der Waals surface area contributed by atoms with Crippen LogP contribution in [0.4, 0.5) is 0 Å². The molecular formula is C14H15BrN2OS. The molecule has 1 aliphatic rings. The normalized spacial score (nSPS) is 14.8. The van der Waals surface area contributed by atoms with Crippen LogP contribution in [0.25, 0.3) is 10.2 Å². The summed E-state index contributed by atoms with van der Waals surface area (Å²) < 4.78 is 4.23. The third-order valence-electron chi connectivity index (χ3n) is 3.15. The fourth-order valence-electron chi connectivity index (χ4n) is 2.14. The van der Waals surface area contributed by atoms with Crippen molar-refractivity contribution in [3.8, 4) is 0 Å². The van der Waals surface area contributed by atoms with Crippen molar-refractivity contribution in [2.75, 3.05) is 0 Å². The monoisotopic (exact) mass is 338 g/mol. The number of nitrogens with zero attached hydrogens (tertiary/aromatic N) is 1. The molecule has 0 aromatic carbocycles. The molecule has 0 radical (unpaired) electrons. The molecule has 0 atom stereocenters. The van der Waals surface area contributed by atoms with Gasteiger partial charge < -0.3 is 9.88 Å². The molecule has 0 bridgehead atoms. The number of hydrogen-bond acceptors (Lipinski definition) is 2. The average Bonchev–Trinajstić information content (AvgIpc) is 2.96. The highest BCUT2D eigenvalue weighted by molar-refractivity contribution is 9.10. The molecule has 3 rings (SSSR count). The molecule has 2 heterocycles. The first-order chi connectivity index (χ1) is 9.06. The van der Waals surface area contributed by atoms with E-state index in [4.69, 9.17) is 0 Å². The summed E-state index contributed by atoms with van der Waals surface area (Å²) in [6.07, 6.45) is 2.20. The molecule has 19 heavy (non-hydrogen) atoms. The predicted molar refractivity (Wildman–Crippen MR) is 82.8 cm³/mol. The second-order valence-corrected chi connectivity index (χ2v) is 6.88. The van der Waals surface area contributed by atoms with Crippen molar-refractivity contribution >= 4 is 43.4 Å². The van der Waals surface area contributed by atoms with E-state index in [-0.39, 0.29) is 5.91 Å². The zero-order valence-corrected chi connectivity index (χ0v) is 13.1. The van der Waals surface area contributed by atoms with Crippen LogP contribution in [0.2, 0.25) is 0 Å². The highest BCUT2D eigenvalue weighted by Gasteiger charge is 2.26. The third kappa shape index (κ3) is 2.49. The van der Waals surface area contributed by atoms with Crippen LogP contribution in [0.3, 0.4) is 0 Å². The van der Waals surface area contributed by atoms with Gasteiger partial charge in [0, 0.05) is 18.0 Å². The number of carbonyl (C=O) groups is 1. The Balaban J connectivity index is 2.05. The molecule has 0 aliphatic heterocycles. The SMILES string of the molecule is C=C(C)Cn1c(C(=O)NC2CC2)cc2scc(Br)c21. The minimum absolute atomic E-state index is 0.0269. The summed E-state index contributed by atoms with van der Waals surface area (Å²) in [5, 5.41) is 5.11. The van der Waals surface area contributed by atoms with Crippen LogP contribution in [0.15, 0.2) is 28.1 Å². The molecule has 1 aliphatic carbocycles. The number of fused-ring (bicyclic) bond motifs is 1. The van der Waals surface area contributed by atoms with Gasteiger partial charge in [-0.25, -0.2) is 0 Å². The van der Waals surface area contributed by atoms with Gasteiger partial charge in [0.05, 0.1) is 14.7 Å². The van der Waals surface area contributed by atoms with Crippen molar-refractivity contribution in [2.45, 2.75) is 32.4 Å². The van der Waals surface area contributed by atoms with Gasteiger partial charge >= 0.3 is 0 Å². The average molecular weight is 339 g/mol. The Hall–Kier alpha value is -1.07. The zero-order chi connectivity index (χ0) is 13.6. The van der Waals surface area contributed by atoms with Gasteiger partial charge in [-0.3, -0.25) is 4.79 Å². The van der Waals surface area contributed by atoms with Crippen LogP contribution in [-0.4, -0.2) is 16.5 Å². The molecule has 1 fully saturated rings. The molecule has 5 heteroatoms. The third-order valence-corrected chi connectivity index (χ3v) is 4.98. The van der Waals surface area contributed by atoms with Crippen LogP contribution in [0, 0.1) is 0 Å². The summed E-state index contributed by atoms with van der Waals surface area (Å²) in [5.41, 5.74) is 2.86. The van der Waals surface area contributed by atoms with E-state index in [0.717, 1.165) is 38.8 Å². The van der Waals surface area contributed by atoms with E-state index in [1.807, 2.05) is 13.0 Å². The Kier molecular flexibility index (Phi) is 3.27. The van der Waals surface area contributed by atoms with Crippen molar-refractivity contribution in [1.82, 2.24) is 9.88 Å². The molecule has 0 saturated heterocycles. The zero-order valence-electron chi connectivity index (χ0n) is 10.7. The molecule has 1 amide bonds. The number of allylic oxidation sites excluding steroid dienone is 1. The number of carbonyl (C=O) groups excluding carboxylic acids is 1. The summed E-state index contributed by atoms with van der Waals surface area (Å²) in [5.74, 6) is 0.0269. The van der Waals surface area contributed by atoms with Gasteiger partial charge in [0.25, 0.3) is 5.91 Å². The Labute approximate surface area is 124 Å². The van der Waals surface area contributed by atoms with Crippen LogP contribution in [0.1, 0.15) is 30.3 Å². The number of aromatic nitrogens is 1. The van der Waals surface area contributed by atoms with Crippen molar-refractivity contribution in [3.63, 3.8) is 0 Å². The van der Waals surface area contributed by atoms with E-state index >= 15 is 0 Å². The first-order valence-electron chi connectivity index (χ1n) is 6.27. The summed E-state index contributed by atoms with van der Waals surface area (Å²) in [7, 11) is 0. The summed E-state index contributed by atoms with van der Waals surface area (Å²) >= 11 is 5.21. The quantitative estimate of drug-likeness (QED) is 0.842. The van der Waals surface area contributed by atoms with E-state index in [1.165, 1.54) is 0 Å². The van der Waals surface area contributed by atoms with E-state index < -0.39 is 0 Å². The highest BCUT2D eigenvalue weighted by atomic mass is 79.9. The maximum Gasteiger partial charge on any atom is 0.268 e. The second-order valence-electron chi connectivity index (χ2n) is 5.12. The number of nitrogens with one attached hydrogen (secondary N) is 1. The first-order valence-corrected chi connectivity index (χ1v) is 7.95. The lowest BCUT2D eigenvalue weighted by Crippen LogP contribution is -2.27. The number of halogens is 1. The smallest absolute Gasteiger partial charge is 0.268 e. The van der Waals surface area contributed by atoms with Gasteiger partial charge in [0.15, 0.2) is 0 Å². The maximum atomic E-state index is 12.3. The van der Waals surface area contributed by atoms with E-state index in [9.17, 15) is 4.79 Å². The highest BCUT2D eigenvalue weighted by Crippen LogP contribution is 2.34. The van der Waals surface area contributed by atoms with E-state index in [2.05, 4.69) is 37.8 Å². The molecule has 2 aromatic rings. The second kappa shape index (κ2) is 4.80. The molecule has 2 aromatic heterocycles. The number of thiophene rings is 1. The lowest BCUT2D eigenvalue weighted by atomic mass is 10.3. The van der Waals surface area contributed by atoms with Crippen LogP contribution < -0.4 is 5.32 Å². The van der Waals surface area contributed by atoms with Gasteiger partial charge in [-0.1, -0.05) is 12.2 Å². The first kappa shape index (κ1) is 12.9. The predicted octanol–water partition coefficient (Wildman–Crippen LogP) is 3.93. The molecule has 100 valence electrons. The van der Waals surface area contributed by atoms with Crippen molar-refractivity contribution in [3.05, 3.63) is 33.8 Å².